The van der Waals surface area contributed by atoms with Gasteiger partial charge in [-0.1, -0.05) is 35.3 Å². The van der Waals surface area contributed by atoms with Gasteiger partial charge < -0.3 is 9.64 Å². The first-order valence-electron chi connectivity index (χ1n) is 11.8. The fourth-order valence-corrected chi connectivity index (χ4v) is 6.75. The molecular formula is C26H22Cl2N2O5. The first kappa shape index (κ1) is 22.6. The van der Waals surface area contributed by atoms with E-state index in [1.54, 1.807) is 42.5 Å². The molecule has 9 heteroatoms. The maximum absolute atomic E-state index is 13.1. The SMILES string of the molecule is O=C(Oc1cccc(N2C(=O)[C@@H]3[C@H]4CC[C@@H](C4)[C@@H]3C2=O)c1)[C@@H]1CC(=O)N(c2cccc(Cl)c2Cl)C1. The molecule has 0 spiro atoms. The van der Waals surface area contributed by atoms with E-state index in [0.717, 1.165) is 19.3 Å². The van der Waals surface area contributed by atoms with Gasteiger partial charge in [0.2, 0.25) is 17.7 Å². The van der Waals surface area contributed by atoms with Crippen molar-refractivity contribution in [2.24, 2.45) is 29.6 Å². The van der Waals surface area contributed by atoms with Crippen LogP contribution >= 0.6 is 23.2 Å². The van der Waals surface area contributed by atoms with Gasteiger partial charge in [0, 0.05) is 19.0 Å². The fraction of sp³-hybridized carbons (Fsp3) is 0.385. The van der Waals surface area contributed by atoms with Gasteiger partial charge in [-0.2, -0.15) is 0 Å². The zero-order chi connectivity index (χ0) is 24.4. The highest BCUT2D eigenvalue weighted by Gasteiger charge is 2.61. The standard InChI is InChI=1S/C26H22Cl2N2O5/c27-18-5-2-6-19(23(18)28)29-12-15(10-20(29)31)26(34)35-17-4-1-3-16(11-17)30-24(32)21-13-7-8-14(9-13)22(21)25(30)33/h1-6,11,13-15,21-22H,7-10,12H2/t13-,14-,15+,21-,22+/m0/s1. The molecule has 2 heterocycles. The topological polar surface area (TPSA) is 84.0 Å². The molecular weight excluding hydrogens is 491 g/mol. The summed E-state index contributed by atoms with van der Waals surface area (Å²) in [5.41, 5.74) is 0.862. The first-order valence-corrected chi connectivity index (χ1v) is 12.5. The summed E-state index contributed by atoms with van der Waals surface area (Å²) in [6, 6.07) is 11.5. The number of carbonyl (C=O) groups is 4. The molecule has 6 rings (SSSR count). The number of ether oxygens (including phenoxy) is 1. The third-order valence-electron chi connectivity index (χ3n) is 7.90. The van der Waals surface area contributed by atoms with E-state index in [1.165, 1.54) is 9.80 Å². The van der Waals surface area contributed by atoms with Gasteiger partial charge in [0.1, 0.15) is 5.75 Å². The highest BCUT2D eigenvalue weighted by atomic mass is 35.5. The van der Waals surface area contributed by atoms with E-state index in [1.807, 2.05) is 0 Å². The van der Waals surface area contributed by atoms with Crippen LogP contribution in [-0.2, 0) is 19.2 Å². The summed E-state index contributed by atoms with van der Waals surface area (Å²) in [6.45, 7) is 0.118. The number of nitrogens with zero attached hydrogens (tertiary/aromatic N) is 2. The van der Waals surface area contributed by atoms with Gasteiger partial charge in [-0.3, -0.25) is 19.2 Å². The van der Waals surface area contributed by atoms with Crippen molar-refractivity contribution < 1.29 is 23.9 Å². The lowest BCUT2D eigenvalue weighted by Crippen LogP contribution is -2.32. The highest BCUT2D eigenvalue weighted by Crippen LogP contribution is 2.56. The van der Waals surface area contributed by atoms with Crippen molar-refractivity contribution in [2.45, 2.75) is 25.7 Å². The molecule has 2 aromatic rings. The summed E-state index contributed by atoms with van der Waals surface area (Å²) in [4.78, 5) is 54.4. The van der Waals surface area contributed by atoms with E-state index in [-0.39, 0.29) is 53.3 Å². The maximum Gasteiger partial charge on any atom is 0.316 e. The van der Waals surface area contributed by atoms with Crippen molar-refractivity contribution in [2.75, 3.05) is 16.3 Å². The Balaban J connectivity index is 1.17. The summed E-state index contributed by atoms with van der Waals surface area (Å²) in [5.74, 6) is -1.43. The third-order valence-corrected chi connectivity index (χ3v) is 8.71. The second kappa shape index (κ2) is 8.35. The number of anilines is 2. The van der Waals surface area contributed by atoms with Crippen molar-refractivity contribution in [1.82, 2.24) is 0 Å². The Hall–Kier alpha value is -2.90. The van der Waals surface area contributed by atoms with Crippen LogP contribution in [0, 0.1) is 29.6 Å². The van der Waals surface area contributed by atoms with Gasteiger partial charge in [0.15, 0.2) is 0 Å². The van der Waals surface area contributed by atoms with Crippen LogP contribution in [0.25, 0.3) is 0 Å². The van der Waals surface area contributed by atoms with Crippen LogP contribution in [0.1, 0.15) is 25.7 Å². The molecule has 2 aliphatic carbocycles. The average molecular weight is 513 g/mol. The molecule has 2 aliphatic heterocycles. The molecule has 4 aliphatic rings. The quantitative estimate of drug-likeness (QED) is 0.342. The largest absolute Gasteiger partial charge is 0.426 e. The number of amides is 3. The van der Waals surface area contributed by atoms with Crippen LogP contribution in [0.2, 0.25) is 10.0 Å². The number of rotatable bonds is 4. The molecule has 4 fully saturated rings. The Kier molecular flexibility index (Phi) is 5.38. The van der Waals surface area contributed by atoms with Gasteiger partial charge in [-0.05, 0) is 55.4 Å². The summed E-state index contributed by atoms with van der Waals surface area (Å²) < 4.78 is 5.58. The predicted octanol–water partition coefficient (Wildman–Crippen LogP) is 4.49. The van der Waals surface area contributed by atoms with Gasteiger partial charge >= 0.3 is 5.97 Å². The Morgan fingerprint density at radius 3 is 2.34 bits per heavy atom. The summed E-state index contributed by atoms with van der Waals surface area (Å²) in [5, 5.41) is 0.574. The van der Waals surface area contributed by atoms with Crippen LogP contribution < -0.4 is 14.5 Å². The molecule has 180 valence electrons. The minimum Gasteiger partial charge on any atom is -0.426 e. The van der Waals surface area contributed by atoms with Crippen molar-refractivity contribution in [1.29, 1.82) is 0 Å². The Morgan fingerprint density at radius 1 is 0.943 bits per heavy atom. The number of fused-ring (bicyclic) bond motifs is 5. The molecule has 0 unspecified atom stereocenters. The van der Waals surface area contributed by atoms with Crippen LogP contribution in [-0.4, -0.2) is 30.2 Å². The minimum absolute atomic E-state index is 0.0173. The number of hydrogen-bond acceptors (Lipinski definition) is 5. The summed E-state index contributed by atoms with van der Waals surface area (Å²) in [7, 11) is 0. The average Bonchev–Trinajstić information content (AvgIpc) is 3.59. The normalized spacial score (nSPS) is 29.3. The monoisotopic (exact) mass is 512 g/mol. The Labute approximate surface area is 211 Å². The van der Waals surface area contributed by atoms with Crippen molar-refractivity contribution in [3.05, 3.63) is 52.5 Å². The number of halogens is 2. The molecule has 5 atom stereocenters. The van der Waals surface area contributed by atoms with Crippen molar-refractivity contribution in [3.63, 3.8) is 0 Å². The van der Waals surface area contributed by atoms with E-state index < -0.39 is 11.9 Å². The molecule has 0 aromatic heterocycles. The van der Waals surface area contributed by atoms with E-state index in [4.69, 9.17) is 27.9 Å². The molecule has 7 nitrogen and oxygen atoms in total. The lowest BCUT2D eigenvalue weighted by atomic mass is 9.81. The number of carbonyl (C=O) groups excluding carboxylic acids is 4. The number of hydrogen-bond donors (Lipinski definition) is 0. The fourth-order valence-electron chi connectivity index (χ4n) is 6.35. The van der Waals surface area contributed by atoms with Crippen LogP contribution in [0.3, 0.4) is 0 Å². The molecule has 2 saturated carbocycles. The molecule has 0 radical (unpaired) electrons. The van der Waals surface area contributed by atoms with Crippen LogP contribution in [0.15, 0.2) is 42.5 Å². The number of benzene rings is 2. The van der Waals surface area contributed by atoms with E-state index >= 15 is 0 Å². The van der Waals surface area contributed by atoms with Crippen molar-refractivity contribution in [3.8, 4) is 5.75 Å². The molecule has 3 amide bonds. The van der Waals surface area contributed by atoms with Crippen molar-refractivity contribution >= 4 is 58.3 Å². The molecule has 2 bridgehead atoms. The zero-order valence-corrected chi connectivity index (χ0v) is 20.2. The minimum atomic E-state index is -0.689. The summed E-state index contributed by atoms with van der Waals surface area (Å²) >= 11 is 12.3. The van der Waals surface area contributed by atoms with Gasteiger partial charge in [0.25, 0.3) is 0 Å². The van der Waals surface area contributed by atoms with E-state index in [9.17, 15) is 19.2 Å². The van der Waals surface area contributed by atoms with Crippen LogP contribution in [0.5, 0.6) is 5.75 Å². The zero-order valence-electron chi connectivity index (χ0n) is 18.7. The van der Waals surface area contributed by atoms with Gasteiger partial charge in [-0.25, -0.2) is 4.90 Å². The van der Waals surface area contributed by atoms with Crippen LogP contribution in [0.4, 0.5) is 11.4 Å². The van der Waals surface area contributed by atoms with E-state index in [0.29, 0.717) is 28.2 Å². The van der Waals surface area contributed by atoms with E-state index in [2.05, 4.69) is 0 Å². The first-order chi connectivity index (χ1) is 16.8. The summed E-state index contributed by atoms with van der Waals surface area (Å²) in [6.07, 6.45) is 2.97. The lowest BCUT2D eigenvalue weighted by molar-refractivity contribution is -0.139. The maximum atomic E-state index is 13.1. The predicted molar refractivity (Wildman–Crippen MR) is 129 cm³/mol. The lowest BCUT2D eigenvalue weighted by Gasteiger charge is -2.19. The highest BCUT2D eigenvalue weighted by molar-refractivity contribution is 6.44. The Morgan fingerprint density at radius 2 is 1.63 bits per heavy atom. The molecule has 35 heavy (non-hydrogen) atoms. The Bertz CT molecular complexity index is 1250. The number of esters is 1. The molecule has 2 aromatic carbocycles. The molecule has 0 N–H and O–H groups in total. The van der Waals surface area contributed by atoms with Gasteiger partial charge in [0.05, 0.1) is 39.2 Å². The third kappa shape index (κ3) is 3.55. The van der Waals surface area contributed by atoms with Gasteiger partial charge in [-0.15, -0.1) is 0 Å². The molecule has 2 saturated heterocycles. The smallest absolute Gasteiger partial charge is 0.316 e. The second-order valence-corrected chi connectivity index (χ2v) is 10.6. The second-order valence-electron chi connectivity index (χ2n) is 9.79. The number of imide groups is 1.